The molecule has 1 N–H and O–H groups in total. The zero-order valence-electron chi connectivity index (χ0n) is 15.8. The van der Waals surface area contributed by atoms with Gasteiger partial charge in [0.15, 0.2) is 0 Å². The number of nitrogens with zero attached hydrogens (tertiary/aromatic N) is 1. The second-order valence-electron chi connectivity index (χ2n) is 7.79. The van der Waals surface area contributed by atoms with Crippen LogP contribution < -0.4 is 4.72 Å². The standard InChI is InChI=1S/C22H28N2O2S/c1-23-27(25,26)22-14-20(17-8-3-2-4-9-17)16-24(22)15-19-12-7-11-18-10-5-6-13-21(18)19/h2-6,8-10,13,19-20,22-23H,7,11-12,14-16H2,1H3. The second-order valence-corrected chi connectivity index (χ2v) is 9.83. The first-order valence-corrected chi connectivity index (χ1v) is 11.4. The number of fused-ring (bicyclic) bond motifs is 1. The molecule has 1 heterocycles. The van der Waals surface area contributed by atoms with Gasteiger partial charge in [0.1, 0.15) is 5.37 Å². The first kappa shape index (κ1) is 18.7. The second kappa shape index (κ2) is 7.74. The third-order valence-corrected chi connectivity index (χ3v) is 7.99. The Hall–Kier alpha value is -1.69. The summed E-state index contributed by atoms with van der Waals surface area (Å²) in [6.45, 7) is 1.61. The third kappa shape index (κ3) is 3.82. The minimum Gasteiger partial charge on any atom is -0.285 e. The van der Waals surface area contributed by atoms with Gasteiger partial charge in [-0.3, -0.25) is 4.90 Å². The van der Waals surface area contributed by atoms with E-state index < -0.39 is 15.4 Å². The average molecular weight is 385 g/mol. The van der Waals surface area contributed by atoms with Gasteiger partial charge in [-0.1, -0.05) is 54.6 Å². The summed E-state index contributed by atoms with van der Waals surface area (Å²) in [4.78, 5) is 2.20. The third-order valence-electron chi connectivity index (χ3n) is 6.21. The fourth-order valence-electron chi connectivity index (χ4n) is 4.81. The predicted molar refractivity (Wildman–Crippen MR) is 109 cm³/mol. The molecule has 1 aliphatic carbocycles. The van der Waals surface area contributed by atoms with Crippen LogP contribution in [-0.4, -0.2) is 38.8 Å². The lowest BCUT2D eigenvalue weighted by molar-refractivity contribution is 0.271. The highest BCUT2D eigenvalue weighted by Gasteiger charge is 2.41. The van der Waals surface area contributed by atoms with Gasteiger partial charge >= 0.3 is 0 Å². The maximum atomic E-state index is 12.7. The molecule has 0 amide bonds. The van der Waals surface area contributed by atoms with Crippen molar-refractivity contribution in [1.82, 2.24) is 9.62 Å². The minimum absolute atomic E-state index is 0.262. The van der Waals surface area contributed by atoms with Crippen molar-refractivity contribution in [2.45, 2.75) is 42.9 Å². The van der Waals surface area contributed by atoms with Crippen molar-refractivity contribution < 1.29 is 8.42 Å². The number of benzene rings is 2. The summed E-state index contributed by atoms with van der Waals surface area (Å²) in [5.41, 5.74) is 4.08. The van der Waals surface area contributed by atoms with Crippen molar-refractivity contribution in [1.29, 1.82) is 0 Å². The van der Waals surface area contributed by atoms with E-state index in [0.29, 0.717) is 12.3 Å². The van der Waals surface area contributed by atoms with Crippen LogP contribution in [0.15, 0.2) is 54.6 Å². The molecule has 0 aromatic heterocycles. The molecule has 1 fully saturated rings. The Morgan fingerprint density at radius 3 is 2.59 bits per heavy atom. The van der Waals surface area contributed by atoms with Gasteiger partial charge in [0.05, 0.1) is 0 Å². The van der Waals surface area contributed by atoms with Gasteiger partial charge in [-0.25, -0.2) is 13.1 Å². The first-order chi connectivity index (χ1) is 13.1. The van der Waals surface area contributed by atoms with Gasteiger partial charge in [0.2, 0.25) is 10.0 Å². The molecule has 4 nitrogen and oxygen atoms in total. The normalized spacial score (nSPS) is 26.0. The lowest BCUT2D eigenvalue weighted by Gasteiger charge is -2.32. The van der Waals surface area contributed by atoms with E-state index in [9.17, 15) is 8.42 Å². The van der Waals surface area contributed by atoms with Crippen molar-refractivity contribution >= 4 is 10.0 Å². The molecular formula is C22H28N2O2S. The van der Waals surface area contributed by atoms with Crippen molar-refractivity contribution in [3.05, 3.63) is 71.3 Å². The summed E-state index contributed by atoms with van der Waals surface area (Å²) in [7, 11) is -1.81. The zero-order valence-corrected chi connectivity index (χ0v) is 16.7. The van der Waals surface area contributed by atoms with Crippen LogP contribution in [0.3, 0.4) is 0 Å². The van der Waals surface area contributed by atoms with Crippen LogP contribution >= 0.6 is 0 Å². The number of sulfonamides is 1. The molecule has 2 aliphatic rings. The Morgan fingerprint density at radius 2 is 1.81 bits per heavy atom. The Morgan fingerprint density at radius 1 is 1.07 bits per heavy atom. The fourth-order valence-corrected chi connectivity index (χ4v) is 6.14. The first-order valence-electron chi connectivity index (χ1n) is 9.87. The number of aryl methyl sites for hydroxylation is 1. The molecule has 0 radical (unpaired) electrons. The van der Waals surface area contributed by atoms with Gasteiger partial charge in [0, 0.05) is 13.1 Å². The van der Waals surface area contributed by atoms with Crippen LogP contribution in [0.4, 0.5) is 0 Å². The van der Waals surface area contributed by atoms with Crippen molar-refractivity contribution in [2.75, 3.05) is 20.1 Å². The SMILES string of the molecule is CNS(=O)(=O)C1CC(c2ccccc2)CN1CC1CCCc2ccccc21. The van der Waals surface area contributed by atoms with E-state index in [0.717, 1.165) is 25.9 Å². The number of likely N-dealkylation sites (tertiary alicyclic amines) is 1. The minimum atomic E-state index is -3.34. The van der Waals surface area contributed by atoms with Gasteiger partial charge in [0.25, 0.3) is 0 Å². The molecule has 2 aromatic carbocycles. The molecule has 1 aliphatic heterocycles. The molecule has 2 aromatic rings. The molecule has 0 spiro atoms. The Balaban J connectivity index is 1.60. The van der Waals surface area contributed by atoms with Crippen LogP contribution in [0.1, 0.15) is 47.8 Å². The molecule has 144 valence electrons. The van der Waals surface area contributed by atoms with E-state index in [4.69, 9.17) is 0 Å². The summed E-state index contributed by atoms with van der Waals surface area (Å²) >= 11 is 0. The van der Waals surface area contributed by atoms with Crippen LogP contribution in [-0.2, 0) is 16.4 Å². The van der Waals surface area contributed by atoms with Crippen molar-refractivity contribution in [2.24, 2.45) is 0 Å². The van der Waals surface area contributed by atoms with Crippen LogP contribution in [0.5, 0.6) is 0 Å². The van der Waals surface area contributed by atoms with Crippen molar-refractivity contribution in [3.8, 4) is 0 Å². The summed E-state index contributed by atoms with van der Waals surface area (Å²) in [5.74, 6) is 0.678. The monoisotopic (exact) mass is 384 g/mol. The molecule has 3 atom stereocenters. The van der Waals surface area contributed by atoms with E-state index in [1.807, 2.05) is 18.2 Å². The Kier molecular flexibility index (Phi) is 5.35. The molecule has 0 bridgehead atoms. The molecule has 4 rings (SSSR count). The van der Waals surface area contributed by atoms with E-state index in [2.05, 4.69) is 46.0 Å². The Labute approximate surface area is 162 Å². The summed E-state index contributed by atoms with van der Waals surface area (Å²) in [6.07, 6.45) is 4.11. The van der Waals surface area contributed by atoms with E-state index in [1.54, 1.807) is 0 Å². The average Bonchev–Trinajstić information content (AvgIpc) is 3.14. The number of hydrogen-bond acceptors (Lipinski definition) is 3. The smallest absolute Gasteiger partial charge is 0.227 e. The van der Waals surface area contributed by atoms with Gasteiger partial charge in [-0.2, -0.15) is 0 Å². The van der Waals surface area contributed by atoms with E-state index >= 15 is 0 Å². The maximum absolute atomic E-state index is 12.7. The summed E-state index contributed by atoms with van der Waals surface area (Å²) in [6, 6.07) is 19.0. The van der Waals surface area contributed by atoms with Crippen LogP contribution in [0, 0.1) is 0 Å². The lowest BCUT2D eigenvalue weighted by Crippen LogP contribution is -2.43. The zero-order chi connectivity index (χ0) is 18.9. The predicted octanol–water partition coefficient (Wildman–Crippen LogP) is 3.47. The van der Waals surface area contributed by atoms with Gasteiger partial charge in [-0.05, 0) is 61.3 Å². The highest BCUT2D eigenvalue weighted by Crippen LogP contribution is 2.38. The van der Waals surface area contributed by atoms with Crippen LogP contribution in [0.25, 0.3) is 0 Å². The largest absolute Gasteiger partial charge is 0.285 e. The van der Waals surface area contributed by atoms with Crippen LogP contribution in [0.2, 0.25) is 0 Å². The quantitative estimate of drug-likeness (QED) is 0.859. The van der Waals surface area contributed by atoms with Gasteiger partial charge in [-0.15, -0.1) is 0 Å². The number of rotatable bonds is 5. The van der Waals surface area contributed by atoms with Crippen molar-refractivity contribution in [3.63, 3.8) is 0 Å². The fraction of sp³-hybridized carbons (Fsp3) is 0.455. The number of hydrogen-bond donors (Lipinski definition) is 1. The summed E-state index contributed by atoms with van der Waals surface area (Å²) in [5, 5.41) is -0.457. The molecule has 0 saturated carbocycles. The molecule has 1 saturated heterocycles. The highest BCUT2D eigenvalue weighted by atomic mass is 32.2. The van der Waals surface area contributed by atoms with Gasteiger partial charge < -0.3 is 0 Å². The maximum Gasteiger partial charge on any atom is 0.227 e. The Bertz CT molecular complexity index is 882. The molecule has 3 unspecified atom stereocenters. The molecule has 5 heteroatoms. The number of nitrogens with one attached hydrogen (secondary N) is 1. The molecule has 27 heavy (non-hydrogen) atoms. The van der Waals surface area contributed by atoms with E-state index in [-0.39, 0.29) is 5.92 Å². The highest BCUT2D eigenvalue weighted by molar-refractivity contribution is 7.90. The topological polar surface area (TPSA) is 49.4 Å². The van der Waals surface area contributed by atoms with E-state index in [1.165, 1.54) is 30.2 Å². The molecular weight excluding hydrogens is 356 g/mol. The lowest BCUT2D eigenvalue weighted by atomic mass is 9.82. The summed E-state index contributed by atoms with van der Waals surface area (Å²) < 4.78 is 28.0.